The predicted octanol–water partition coefficient (Wildman–Crippen LogP) is 2.59. The minimum atomic E-state index is -4.86. The molecule has 0 saturated carbocycles. The van der Waals surface area contributed by atoms with E-state index in [1.807, 2.05) is 5.32 Å². The number of anilines is 1. The second-order valence-electron chi connectivity index (χ2n) is 3.49. The SMILES string of the molecule is O=C1Nc2ccc(F)c(F)c2C[C-]1C(F)(F)F.[Re]. The normalized spacial score (nSPS) is 14.7. The minimum absolute atomic E-state index is 0. The fraction of sp³-hybridized carbons (Fsp3) is 0.200. The molecule has 0 fully saturated rings. The number of nitrogens with one attached hydrogen (secondary N) is 1. The van der Waals surface area contributed by atoms with Crippen LogP contribution in [-0.2, 0) is 31.6 Å². The number of alkyl halides is 3. The molecular weight excluding hydrogens is 431 g/mol. The topological polar surface area (TPSA) is 29.1 Å². The van der Waals surface area contributed by atoms with Gasteiger partial charge in [0.15, 0.2) is 11.6 Å². The average Bonchev–Trinajstić information content (AvgIpc) is 2.21. The summed E-state index contributed by atoms with van der Waals surface area (Å²) >= 11 is 0. The van der Waals surface area contributed by atoms with E-state index in [1.54, 1.807) is 0 Å². The van der Waals surface area contributed by atoms with Crippen LogP contribution in [0.3, 0.4) is 0 Å². The Labute approximate surface area is 112 Å². The Morgan fingerprint density at radius 2 is 1.83 bits per heavy atom. The van der Waals surface area contributed by atoms with Crippen LogP contribution in [0.1, 0.15) is 5.56 Å². The molecule has 0 saturated heterocycles. The van der Waals surface area contributed by atoms with Crippen LogP contribution in [-0.4, -0.2) is 12.1 Å². The van der Waals surface area contributed by atoms with Crippen molar-refractivity contribution >= 4 is 11.6 Å². The fourth-order valence-corrected chi connectivity index (χ4v) is 1.57. The summed E-state index contributed by atoms with van der Waals surface area (Å²) in [7, 11) is 0. The van der Waals surface area contributed by atoms with E-state index >= 15 is 0 Å². The summed E-state index contributed by atoms with van der Waals surface area (Å²) in [5.41, 5.74) is -0.626. The van der Waals surface area contributed by atoms with E-state index in [-0.39, 0.29) is 26.1 Å². The molecule has 0 aromatic heterocycles. The van der Waals surface area contributed by atoms with Gasteiger partial charge in [-0.2, -0.15) is 5.92 Å². The van der Waals surface area contributed by atoms with Crippen LogP contribution in [0.15, 0.2) is 12.1 Å². The molecule has 0 aliphatic carbocycles. The van der Waals surface area contributed by atoms with Gasteiger partial charge in [0.1, 0.15) is 0 Å². The van der Waals surface area contributed by atoms with Crippen LogP contribution in [0.25, 0.3) is 0 Å². The van der Waals surface area contributed by atoms with Gasteiger partial charge in [0.2, 0.25) is 0 Å². The van der Waals surface area contributed by atoms with Crippen molar-refractivity contribution in [2.75, 3.05) is 5.32 Å². The Hall–Kier alpha value is -1.13. The maximum atomic E-state index is 13.3. The number of halogens is 5. The molecule has 1 aliphatic heterocycles. The van der Waals surface area contributed by atoms with Gasteiger partial charge in [0.25, 0.3) is 6.18 Å². The van der Waals surface area contributed by atoms with Crippen molar-refractivity contribution in [3.63, 3.8) is 0 Å². The third-order valence-corrected chi connectivity index (χ3v) is 2.41. The van der Waals surface area contributed by atoms with Crippen molar-refractivity contribution in [2.24, 2.45) is 0 Å². The Morgan fingerprint density at radius 3 is 2.39 bits per heavy atom. The first-order chi connectivity index (χ1) is 7.80. The zero-order valence-corrected chi connectivity index (χ0v) is 11.3. The molecule has 2 nitrogen and oxygen atoms in total. The standard InChI is InChI=1S/C10H5F5NO.Re/c11-6-1-2-7-4(8(6)12)3-5(9(17)16-7)10(13,14)15;/h1-2H,3H2,(H,16,17);/q-1;. The van der Waals surface area contributed by atoms with Gasteiger partial charge in [-0.05, 0) is 17.7 Å². The van der Waals surface area contributed by atoms with Gasteiger partial charge in [0, 0.05) is 26.1 Å². The summed E-state index contributed by atoms with van der Waals surface area (Å²) in [4.78, 5) is 11.1. The van der Waals surface area contributed by atoms with E-state index in [0.29, 0.717) is 0 Å². The van der Waals surface area contributed by atoms with Gasteiger partial charge in [0.05, 0.1) is 5.91 Å². The van der Waals surface area contributed by atoms with Gasteiger partial charge < -0.3 is 10.1 Å². The van der Waals surface area contributed by atoms with Gasteiger partial charge in [-0.15, -0.1) is 6.42 Å². The van der Waals surface area contributed by atoms with Crippen LogP contribution in [0.4, 0.5) is 27.6 Å². The number of amides is 1. The van der Waals surface area contributed by atoms with Crippen LogP contribution in [0, 0.1) is 17.6 Å². The van der Waals surface area contributed by atoms with Gasteiger partial charge in [-0.3, -0.25) is 0 Å². The smallest absolute Gasteiger partial charge is 0.293 e. The van der Waals surface area contributed by atoms with Crippen molar-refractivity contribution in [2.45, 2.75) is 12.6 Å². The molecule has 1 aromatic carbocycles. The molecule has 2 rings (SSSR count). The largest absolute Gasteiger partial charge is 0.351 e. The number of fused-ring (bicyclic) bond motifs is 1. The van der Waals surface area contributed by atoms with Crippen LogP contribution in [0.5, 0.6) is 0 Å². The number of rotatable bonds is 0. The predicted molar refractivity (Wildman–Crippen MR) is 48.0 cm³/mol. The first kappa shape index (κ1) is 14.9. The van der Waals surface area contributed by atoms with Crippen molar-refractivity contribution in [1.29, 1.82) is 0 Å². The van der Waals surface area contributed by atoms with Gasteiger partial charge in [-0.25, -0.2) is 22.0 Å². The molecule has 0 atom stereocenters. The van der Waals surface area contributed by atoms with Crippen molar-refractivity contribution in [1.82, 2.24) is 0 Å². The first-order valence-electron chi connectivity index (χ1n) is 4.52. The first-order valence-corrected chi connectivity index (χ1v) is 4.52. The number of benzene rings is 1. The van der Waals surface area contributed by atoms with E-state index in [0.717, 1.165) is 12.1 Å². The molecule has 1 aliphatic rings. The van der Waals surface area contributed by atoms with E-state index in [1.165, 1.54) is 0 Å². The number of hydrogen-bond donors (Lipinski definition) is 1. The number of hydrogen-bond acceptors (Lipinski definition) is 1. The summed E-state index contributed by atoms with van der Waals surface area (Å²) in [6, 6.07) is 1.77. The maximum Gasteiger partial charge on any atom is 0.293 e. The molecule has 99 valence electrons. The van der Waals surface area contributed by atoms with Crippen LogP contribution in [0.2, 0.25) is 0 Å². The summed E-state index contributed by atoms with van der Waals surface area (Å²) in [5, 5.41) is 1.88. The van der Waals surface area contributed by atoms with Crippen molar-refractivity contribution < 1.29 is 47.2 Å². The number of carbonyl (C=O) groups is 1. The third-order valence-electron chi connectivity index (χ3n) is 2.41. The summed E-state index contributed by atoms with van der Waals surface area (Å²) in [5.74, 6) is -5.39. The molecule has 1 heterocycles. The molecule has 1 aromatic rings. The number of carbonyl (C=O) groups excluding carboxylic acids is 1. The Morgan fingerprint density at radius 1 is 1.22 bits per heavy atom. The van der Waals surface area contributed by atoms with Crippen molar-refractivity contribution in [3.8, 4) is 0 Å². The van der Waals surface area contributed by atoms with E-state index in [9.17, 15) is 26.7 Å². The monoisotopic (exact) mass is 437 g/mol. The second kappa shape index (κ2) is 4.86. The van der Waals surface area contributed by atoms with Gasteiger partial charge in [-0.1, -0.05) is 0 Å². The van der Waals surface area contributed by atoms with Crippen LogP contribution < -0.4 is 5.32 Å². The van der Waals surface area contributed by atoms with E-state index in [4.69, 9.17) is 0 Å². The van der Waals surface area contributed by atoms with Crippen molar-refractivity contribution in [3.05, 3.63) is 35.2 Å². The fourth-order valence-electron chi connectivity index (χ4n) is 1.57. The van der Waals surface area contributed by atoms with E-state index in [2.05, 4.69) is 0 Å². The molecule has 1 amide bonds. The minimum Gasteiger partial charge on any atom is -0.351 e. The molecule has 8 heteroatoms. The third kappa shape index (κ3) is 2.49. The molecular formula is C10H5F5NORe-. The molecule has 1 radical (unpaired) electrons. The Bertz CT molecular complexity index is 488. The summed E-state index contributed by atoms with van der Waals surface area (Å²) in [6.07, 6.45) is -5.82. The van der Waals surface area contributed by atoms with Gasteiger partial charge >= 0.3 is 0 Å². The quantitative estimate of drug-likeness (QED) is 0.492. The molecule has 0 spiro atoms. The van der Waals surface area contributed by atoms with E-state index < -0.39 is 41.6 Å². The molecule has 0 bridgehead atoms. The Kier molecular flexibility index (Phi) is 4.03. The molecule has 1 N–H and O–H groups in total. The summed E-state index contributed by atoms with van der Waals surface area (Å²) in [6.45, 7) is 0. The summed E-state index contributed by atoms with van der Waals surface area (Å²) < 4.78 is 63.3. The maximum absolute atomic E-state index is 13.3. The van der Waals surface area contributed by atoms with Crippen LogP contribution >= 0.6 is 0 Å². The molecule has 0 unspecified atom stereocenters. The second-order valence-corrected chi connectivity index (χ2v) is 3.49. The zero-order chi connectivity index (χ0) is 12.8. The zero-order valence-electron chi connectivity index (χ0n) is 8.54. The average molecular weight is 436 g/mol. The molecule has 18 heavy (non-hydrogen) atoms. The Balaban J connectivity index is 0.00000162.